The smallest absolute Gasteiger partial charge is 0.237 e. The van der Waals surface area contributed by atoms with E-state index in [4.69, 9.17) is 5.73 Å². The molecule has 0 bridgehead atoms. The van der Waals surface area contributed by atoms with Crippen LogP contribution < -0.4 is 16.0 Å². The third-order valence-corrected chi connectivity index (χ3v) is 2.79. The Kier molecular flexibility index (Phi) is 5.76. The van der Waals surface area contributed by atoms with Crippen molar-refractivity contribution in [3.05, 3.63) is 23.9 Å². The molecule has 5 nitrogen and oxygen atoms in total. The molecule has 0 unspecified atom stereocenters. The number of rotatable bonds is 7. The molecule has 1 aromatic heterocycles. The first kappa shape index (κ1) is 15.4. The van der Waals surface area contributed by atoms with Crippen molar-refractivity contribution >= 4 is 11.7 Å². The number of aromatic nitrogens is 1. The monoisotopic (exact) mass is 264 g/mol. The number of nitrogens with one attached hydrogen (secondary N) is 1. The maximum absolute atomic E-state index is 11.2. The molecule has 0 atom stereocenters. The number of anilines is 1. The Morgan fingerprint density at radius 1 is 1.42 bits per heavy atom. The fourth-order valence-corrected chi connectivity index (χ4v) is 1.81. The number of carbonyl (C=O) groups is 1. The maximum Gasteiger partial charge on any atom is 0.237 e. The van der Waals surface area contributed by atoms with Gasteiger partial charge in [0.05, 0.1) is 6.54 Å². The number of hydrogen-bond donors (Lipinski definition) is 2. The third-order valence-electron chi connectivity index (χ3n) is 2.79. The van der Waals surface area contributed by atoms with Crippen molar-refractivity contribution < 1.29 is 4.79 Å². The molecule has 1 rings (SSSR count). The van der Waals surface area contributed by atoms with Crippen LogP contribution in [0.2, 0.25) is 0 Å². The molecule has 0 spiro atoms. The lowest BCUT2D eigenvalue weighted by Gasteiger charge is -2.28. The van der Waals surface area contributed by atoms with Crippen LogP contribution in [0, 0.1) is 0 Å². The van der Waals surface area contributed by atoms with E-state index in [1.54, 1.807) is 6.20 Å². The largest absolute Gasteiger partial charge is 0.368 e. The van der Waals surface area contributed by atoms with Gasteiger partial charge in [0.25, 0.3) is 0 Å². The Hall–Kier alpha value is -1.62. The van der Waals surface area contributed by atoms with Crippen molar-refractivity contribution in [1.82, 2.24) is 10.3 Å². The molecule has 0 fully saturated rings. The van der Waals surface area contributed by atoms with Crippen LogP contribution in [0.4, 0.5) is 5.82 Å². The van der Waals surface area contributed by atoms with Crippen LogP contribution in [0.5, 0.6) is 0 Å². The molecule has 0 aliphatic carbocycles. The van der Waals surface area contributed by atoms with Gasteiger partial charge in [-0.2, -0.15) is 0 Å². The number of hydrogen-bond acceptors (Lipinski definition) is 4. The molecule has 0 aliphatic rings. The average molecular weight is 264 g/mol. The van der Waals surface area contributed by atoms with Crippen molar-refractivity contribution in [2.24, 2.45) is 5.73 Å². The number of amides is 1. The highest BCUT2D eigenvalue weighted by molar-refractivity contribution is 5.79. The molecule has 1 heterocycles. The number of nitrogens with zero attached hydrogens (tertiary/aromatic N) is 2. The van der Waals surface area contributed by atoms with Crippen LogP contribution in [0.25, 0.3) is 0 Å². The van der Waals surface area contributed by atoms with Gasteiger partial charge in [0.1, 0.15) is 5.82 Å². The maximum atomic E-state index is 11.2. The standard InChI is InChI=1S/C14H24N4O/c1-10(2)17-8-12-6-5-7-16-14(12)18(11(3)4)9-13(15)19/h5-7,10-11,17H,8-9H2,1-4H3,(H2,15,19). The minimum atomic E-state index is -0.345. The van der Waals surface area contributed by atoms with E-state index in [2.05, 4.69) is 24.1 Å². The Labute approximate surface area is 115 Å². The van der Waals surface area contributed by atoms with Crippen LogP contribution in [0.15, 0.2) is 18.3 Å². The zero-order valence-corrected chi connectivity index (χ0v) is 12.2. The Balaban J connectivity index is 2.98. The summed E-state index contributed by atoms with van der Waals surface area (Å²) in [7, 11) is 0. The Morgan fingerprint density at radius 2 is 2.11 bits per heavy atom. The van der Waals surface area contributed by atoms with Gasteiger partial charge in [-0.3, -0.25) is 4.79 Å². The molecule has 0 saturated carbocycles. The van der Waals surface area contributed by atoms with Gasteiger partial charge in [-0.1, -0.05) is 19.9 Å². The summed E-state index contributed by atoms with van der Waals surface area (Å²) in [5, 5.41) is 3.37. The van der Waals surface area contributed by atoms with Gasteiger partial charge in [-0.25, -0.2) is 4.98 Å². The molecule has 106 valence electrons. The fraction of sp³-hybridized carbons (Fsp3) is 0.571. The lowest BCUT2D eigenvalue weighted by molar-refractivity contribution is -0.116. The van der Waals surface area contributed by atoms with Gasteiger partial charge in [-0.15, -0.1) is 0 Å². The second-order valence-corrected chi connectivity index (χ2v) is 5.21. The fourth-order valence-electron chi connectivity index (χ4n) is 1.81. The van der Waals surface area contributed by atoms with Crippen LogP contribution in [0.1, 0.15) is 33.3 Å². The highest BCUT2D eigenvalue weighted by Crippen LogP contribution is 2.19. The number of nitrogens with two attached hydrogens (primary N) is 1. The van der Waals surface area contributed by atoms with E-state index in [0.29, 0.717) is 6.04 Å². The molecule has 19 heavy (non-hydrogen) atoms. The summed E-state index contributed by atoms with van der Waals surface area (Å²) in [6.07, 6.45) is 1.74. The third kappa shape index (κ3) is 4.87. The first-order chi connectivity index (χ1) is 8.91. The molecule has 0 radical (unpaired) electrons. The van der Waals surface area contributed by atoms with Crippen molar-refractivity contribution in [3.63, 3.8) is 0 Å². The van der Waals surface area contributed by atoms with E-state index in [9.17, 15) is 4.79 Å². The van der Waals surface area contributed by atoms with Gasteiger partial charge < -0.3 is 16.0 Å². The molecular weight excluding hydrogens is 240 g/mol. The van der Waals surface area contributed by atoms with Crippen LogP contribution in [0.3, 0.4) is 0 Å². The average Bonchev–Trinajstić information content (AvgIpc) is 2.33. The zero-order valence-electron chi connectivity index (χ0n) is 12.2. The number of primary amides is 1. The summed E-state index contributed by atoms with van der Waals surface area (Å²) < 4.78 is 0. The van der Waals surface area contributed by atoms with Gasteiger partial charge in [0.15, 0.2) is 0 Å². The Bertz CT molecular complexity index is 418. The van der Waals surface area contributed by atoms with Crippen LogP contribution in [-0.2, 0) is 11.3 Å². The molecule has 3 N–H and O–H groups in total. The van der Waals surface area contributed by atoms with E-state index >= 15 is 0 Å². The topological polar surface area (TPSA) is 71.2 Å². The van der Waals surface area contributed by atoms with Gasteiger partial charge in [0.2, 0.25) is 5.91 Å². The highest BCUT2D eigenvalue weighted by Gasteiger charge is 2.17. The molecule has 1 aromatic rings. The van der Waals surface area contributed by atoms with Crippen molar-refractivity contribution in [3.8, 4) is 0 Å². The molecule has 5 heteroatoms. The van der Waals surface area contributed by atoms with E-state index in [-0.39, 0.29) is 18.5 Å². The first-order valence-corrected chi connectivity index (χ1v) is 6.64. The molecule has 0 aromatic carbocycles. The minimum Gasteiger partial charge on any atom is -0.368 e. The second kappa shape index (κ2) is 7.09. The van der Waals surface area contributed by atoms with E-state index in [0.717, 1.165) is 17.9 Å². The van der Waals surface area contributed by atoms with Crippen LogP contribution >= 0.6 is 0 Å². The number of pyridine rings is 1. The van der Waals surface area contributed by atoms with E-state index < -0.39 is 0 Å². The van der Waals surface area contributed by atoms with E-state index in [1.807, 2.05) is 30.9 Å². The second-order valence-electron chi connectivity index (χ2n) is 5.21. The molecular formula is C14H24N4O. The molecule has 1 amide bonds. The number of carbonyl (C=O) groups excluding carboxylic acids is 1. The summed E-state index contributed by atoms with van der Waals surface area (Å²) >= 11 is 0. The summed E-state index contributed by atoms with van der Waals surface area (Å²) in [4.78, 5) is 17.5. The SMILES string of the molecule is CC(C)NCc1cccnc1N(CC(N)=O)C(C)C. The lowest BCUT2D eigenvalue weighted by atomic mass is 10.2. The van der Waals surface area contributed by atoms with Crippen LogP contribution in [-0.4, -0.2) is 29.5 Å². The van der Waals surface area contributed by atoms with Crippen molar-refractivity contribution in [2.75, 3.05) is 11.4 Å². The molecule has 0 aliphatic heterocycles. The normalized spacial score (nSPS) is 11.1. The summed E-state index contributed by atoms with van der Waals surface area (Å²) in [5.74, 6) is 0.478. The van der Waals surface area contributed by atoms with Gasteiger partial charge >= 0.3 is 0 Å². The predicted octanol–water partition coefficient (Wildman–Crippen LogP) is 1.28. The molecule has 0 saturated heterocycles. The summed E-state index contributed by atoms with van der Waals surface area (Å²) in [6.45, 7) is 9.15. The zero-order chi connectivity index (χ0) is 14.4. The quantitative estimate of drug-likeness (QED) is 0.778. The van der Waals surface area contributed by atoms with Crippen molar-refractivity contribution in [2.45, 2.75) is 46.3 Å². The first-order valence-electron chi connectivity index (χ1n) is 6.64. The lowest BCUT2D eigenvalue weighted by Crippen LogP contribution is -2.40. The summed E-state index contributed by atoms with van der Waals surface area (Å²) in [6, 6.07) is 4.49. The minimum absolute atomic E-state index is 0.167. The predicted molar refractivity (Wildman–Crippen MR) is 77.9 cm³/mol. The van der Waals surface area contributed by atoms with Gasteiger partial charge in [-0.05, 0) is 19.9 Å². The summed E-state index contributed by atoms with van der Waals surface area (Å²) in [5.41, 5.74) is 6.39. The highest BCUT2D eigenvalue weighted by atomic mass is 16.1. The van der Waals surface area contributed by atoms with Crippen molar-refractivity contribution in [1.29, 1.82) is 0 Å². The van der Waals surface area contributed by atoms with Gasteiger partial charge in [0, 0.05) is 30.4 Å². The Morgan fingerprint density at radius 3 is 2.63 bits per heavy atom. The van der Waals surface area contributed by atoms with E-state index in [1.165, 1.54) is 0 Å².